The van der Waals surface area contributed by atoms with Crippen molar-refractivity contribution in [1.29, 1.82) is 0 Å². The summed E-state index contributed by atoms with van der Waals surface area (Å²) in [5.41, 5.74) is 0. The van der Waals surface area contributed by atoms with Crippen molar-refractivity contribution in [2.45, 2.75) is 38.8 Å². The first-order chi connectivity index (χ1) is 5.69. The fourth-order valence-corrected chi connectivity index (χ4v) is 1.92. The maximum atomic E-state index is 2.60. The predicted octanol–water partition coefficient (Wildman–Crippen LogP) is 1.42. The molecule has 1 fully saturated rings. The Labute approximate surface area is 76.5 Å². The van der Waals surface area contributed by atoms with Crippen LogP contribution >= 0.6 is 0 Å². The van der Waals surface area contributed by atoms with Gasteiger partial charge in [-0.3, -0.25) is 4.90 Å². The first kappa shape index (κ1) is 10.0. The van der Waals surface area contributed by atoms with Gasteiger partial charge < -0.3 is 4.90 Å². The molecular weight excluding hydrogens is 148 g/mol. The summed E-state index contributed by atoms with van der Waals surface area (Å²) in [6.07, 6.45) is 2.60. The third-order valence-electron chi connectivity index (χ3n) is 3.08. The maximum Gasteiger partial charge on any atom is 0.0344 e. The van der Waals surface area contributed by atoms with Crippen molar-refractivity contribution in [3.63, 3.8) is 0 Å². The van der Waals surface area contributed by atoms with Crippen LogP contribution in [0, 0.1) is 0 Å². The van der Waals surface area contributed by atoms with Crippen LogP contribution in [0.3, 0.4) is 0 Å². The van der Waals surface area contributed by atoms with E-state index in [2.05, 4.69) is 37.7 Å². The standard InChI is InChI=1S/C10H22N2/c1-5-9(6-2)12-7-10(8-12)11(3)4/h9-10H,5-8H2,1-4H3. The third-order valence-corrected chi connectivity index (χ3v) is 3.08. The summed E-state index contributed by atoms with van der Waals surface area (Å²) in [6.45, 7) is 7.13. The van der Waals surface area contributed by atoms with Crippen molar-refractivity contribution >= 4 is 0 Å². The quantitative estimate of drug-likeness (QED) is 0.629. The van der Waals surface area contributed by atoms with Crippen molar-refractivity contribution in [2.24, 2.45) is 0 Å². The molecule has 1 saturated heterocycles. The van der Waals surface area contributed by atoms with Gasteiger partial charge in [0.15, 0.2) is 0 Å². The minimum absolute atomic E-state index is 0.811. The Morgan fingerprint density at radius 2 is 1.75 bits per heavy atom. The molecule has 2 heteroatoms. The molecule has 0 aromatic heterocycles. The van der Waals surface area contributed by atoms with Gasteiger partial charge in [0.1, 0.15) is 0 Å². The monoisotopic (exact) mass is 170 g/mol. The zero-order valence-electron chi connectivity index (χ0n) is 8.88. The summed E-state index contributed by atoms with van der Waals surface area (Å²) in [5.74, 6) is 0. The van der Waals surface area contributed by atoms with Gasteiger partial charge in [0.25, 0.3) is 0 Å². The van der Waals surface area contributed by atoms with E-state index in [1.54, 1.807) is 0 Å². The first-order valence-corrected chi connectivity index (χ1v) is 5.09. The van der Waals surface area contributed by atoms with Gasteiger partial charge in [0.2, 0.25) is 0 Å². The van der Waals surface area contributed by atoms with E-state index in [4.69, 9.17) is 0 Å². The number of likely N-dealkylation sites (N-methyl/N-ethyl adjacent to an activating group) is 1. The van der Waals surface area contributed by atoms with E-state index < -0.39 is 0 Å². The van der Waals surface area contributed by atoms with Crippen molar-refractivity contribution in [1.82, 2.24) is 9.80 Å². The molecule has 2 nitrogen and oxygen atoms in total. The lowest BCUT2D eigenvalue weighted by molar-refractivity contribution is 0.0244. The van der Waals surface area contributed by atoms with Crippen molar-refractivity contribution < 1.29 is 0 Å². The lowest BCUT2D eigenvalue weighted by Crippen LogP contribution is -2.60. The molecule has 0 N–H and O–H groups in total. The molecule has 0 atom stereocenters. The zero-order chi connectivity index (χ0) is 9.14. The van der Waals surface area contributed by atoms with Crippen molar-refractivity contribution in [3.8, 4) is 0 Å². The van der Waals surface area contributed by atoms with Gasteiger partial charge in [-0.2, -0.15) is 0 Å². The third kappa shape index (κ3) is 1.99. The van der Waals surface area contributed by atoms with Gasteiger partial charge in [0, 0.05) is 25.2 Å². The largest absolute Gasteiger partial charge is 0.304 e. The Bertz CT molecular complexity index is 124. The van der Waals surface area contributed by atoms with E-state index in [1.807, 2.05) is 0 Å². The lowest BCUT2D eigenvalue weighted by Gasteiger charge is -2.46. The van der Waals surface area contributed by atoms with Crippen LogP contribution in [0.1, 0.15) is 26.7 Å². The van der Waals surface area contributed by atoms with E-state index >= 15 is 0 Å². The van der Waals surface area contributed by atoms with Gasteiger partial charge in [0.05, 0.1) is 0 Å². The van der Waals surface area contributed by atoms with Crippen LogP contribution in [-0.2, 0) is 0 Å². The molecule has 0 bridgehead atoms. The molecule has 0 unspecified atom stereocenters. The second-order valence-electron chi connectivity index (χ2n) is 4.04. The topological polar surface area (TPSA) is 6.48 Å². The molecular formula is C10H22N2. The minimum Gasteiger partial charge on any atom is -0.304 e. The van der Waals surface area contributed by atoms with Gasteiger partial charge >= 0.3 is 0 Å². The van der Waals surface area contributed by atoms with Gasteiger partial charge in [-0.15, -0.1) is 0 Å². The molecule has 0 aromatic carbocycles. The molecule has 1 heterocycles. The Hall–Kier alpha value is -0.0800. The molecule has 0 aliphatic carbocycles. The highest BCUT2D eigenvalue weighted by Gasteiger charge is 2.31. The number of hydrogen-bond donors (Lipinski definition) is 0. The Balaban J connectivity index is 2.23. The lowest BCUT2D eigenvalue weighted by atomic mass is 10.0. The summed E-state index contributed by atoms with van der Waals surface area (Å²) >= 11 is 0. The van der Waals surface area contributed by atoms with Crippen LogP contribution in [0.25, 0.3) is 0 Å². The molecule has 12 heavy (non-hydrogen) atoms. The fourth-order valence-electron chi connectivity index (χ4n) is 1.92. The molecule has 0 spiro atoms. The number of likely N-dealkylation sites (tertiary alicyclic amines) is 1. The summed E-state index contributed by atoms with van der Waals surface area (Å²) in [5, 5.41) is 0. The Kier molecular flexibility index (Phi) is 3.53. The molecule has 0 aromatic rings. The van der Waals surface area contributed by atoms with E-state index in [0.717, 1.165) is 12.1 Å². The molecule has 1 aliphatic rings. The fraction of sp³-hybridized carbons (Fsp3) is 1.00. The summed E-state index contributed by atoms with van der Waals surface area (Å²) in [6, 6.07) is 1.65. The van der Waals surface area contributed by atoms with E-state index in [0.29, 0.717) is 0 Å². The number of hydrogen-bond acceptors (Lipinski definition) is 2. The number of nitrogens with zero attached hydrogens (tertiary/aromatic N) is 2. The van der Waals surface area contributed by atoms with E-state index in [-0.39, 0.29) is 0 Å². The Morgan fingerprint density at radius 3 is 2.08 bits per heavy atom. The van der Waals surface area contributed by atoms with Crippen LogP contribution in [0.5, 0.6) is 0 Å². The van der Waals surface area contributed by atoms with Crippen LogP contribution in [0.15, 0.2) is 0 Å². The van der Waals surface area contributed by atoms with E-state index in [1.165, 1.54) is 25.9 Å². The summed E-state index contributed by atoms with van der Waals surface area (Å²) in [4.78, 5) is 4.93. The molecule has 0 amide bonds. The van der Waals surface area contributed by atoms with Gasteiger partial charge in [-0.05, 0) is 26.9 Å². The normalized spacial score (nSPS) is 20.5. The van der Waals surface area contributed by atoms with Crippen LogP contribution in [-0.4, -0.2) is 49.1 Å². The molecule has 0 saturated carbocycles. The molecule has 72 valence electrons. The highest BCUT2D eigenvalue weighted by molar-refractivity contribution is 4.88. The smallest absolute Gasteiger partial charge is 0.0344 e. The summed E-state index contributed by atoms with van der Waals surface area (Å²) < 4.78 is 0. The molecule has 1 rings (SSSR count). The Morgan fingerprint density at radius 1 is 1.25 bits per heavy atom. The second kappa shape index (κ2) is 4.24. The minimum atomic E-state index is 0.811. The highest BCUT2D eigenvalue weighted by Crippen LogP contribution is 2.19. The second-order valence-corrected chi connectivity index (χ2v) is 4.04. The van der Waals surface area contributed by atoms with Crippen LogP contribution in [0.4, 0.5) is 0 Å². The number of rotatable bonds is 4. The zero-order valence-corrected chi connectivity index (χ0v) is 8.88. The first-order valence-electron chi connectivity index (χ1n) is 5.09. The average molecular weight is 170 g/mol. The van der Waals surface area contributed by atoms with Crippen molar-refractivity contribution in [3.05, 3.63) is 0 Å². The molecule has 1 aliphatic heterocycles. The SMILES string of the molecule is CCC(CC)N1CC(N(C)C)C1. The van der Waals surface area contributed by atoms with Gasteiger partial charge in [-0.25, -0.2) is 0 Å². The van der Waals surface area contributed by atoms with Crippen molar-refractivity contribution in [2.75, 3.05) is 27.2 Å². The van der Waals surface area contributed by atoms with Gasteiger partial charge in [-0.1, -0.05) is 13.8 Å². The van der Waals surface area contributed by atoms with Crippen LogP contribution < -0.4 is 0 Å². The maximum absolute atomic E-state index is 2.60. The predicted molar refractivity (Wildman–Crippen MR) is 53.4 cm³/mol. The molecule has 0 radical (unpaired) electrons. The van der Waals surface area contributed by atoms with E-state index in [9.17, 15) is 0 Å². The van der Waals surface area contributed by atoms with Crippen LogP contribution in [0.2, 0.25) is 0 Å². The summed E-state index contributed by atoms with van der Waals surface area (Å²) in [7, 11) is 4.35. The highest BCUT2D eigenvalue weighted by atomic mass is 15.3. The average Bonchev–Trinajstić information content (AvgIpc) is 1.94.